The number of non-ortho nitro benzene ring substituents is 1. The minimum absolute atomic E-state index is 0.0374. The molecular formula is C28H24FN5O4. The van der Waals surface area contributed by atoms with Gasteiger partial charge in [0.1, 0.15) is 5.82 Å². The van der Waals surface area contributed by atoms with Gasteiger partial charge in [-0.2, -0.15) is 0 Å². The Balaban J connectivity index is 1.69. The first-order valence-electron chi connectivity index (χ1n) is 12.0. The first-order valence-corrected chi connectivity index (χ1v) is 12.0. The van der Waals surface area contributed by atoms with Gasteiger partial charge in [-0.25, -0.2) is 18.7 Å². The second kappa shape index (κ2) is 9.89. The molecule has 0 aliphatic heterocycles. The van der Waals surface area contributed by atoms with E-state index in [1.54, 1.807) is 16.7 Å². The number of aromatic nitrogens is 4. The van der Waals surface area contributed by atoms with Crippen molar-refractivity contribution in [2.75, 3.05) is 0 Å². The summed E-state index contributed by atoms with van der Waals surface area (Å²) in [5, 5.41) is 11.0. The molecule has 2 aromatic heterocycles. The van der Waals surface area contributed by atoms with Crippen LogP contribution in [0.4, 0.5) is 10.1 Å². The fourth-order valence-electron chi connectivity index (χ4n) is 4.37. The van der Waals surface area contributed by atoms with Crippen molar-refractivity contribution in [2.24, 2.45) is 0 Å². The van der Waals surface area contributed by atoms with E-state index >= 15 is 0 Å². The lowest BCUT2D eigenvalue weighted by molar-refractivity contribution is -0.384. The summed E-state index contributed by atoms with van der Waals surface area (Å²) in [6, 6.07) is 19.1. The lowest BCUT2D eigenvalue weighted by Crippen LogP contribution is -2.40. The quantitative estimate of drug-likeness (QED) is 0.233. The molecule has 9 nitrogen and oxygen atoms in total. The Morgan fingerprint density at radius 1 is 0.895 bits per heavy atom. The molecule has 0 radical (unpaired) electrons. The van der Waals surface area contributed by atoms with Gasteiger partial charge in [-0.05, 0) is 46.9 Å². The number of rotatable bonds is 7. The Labute approximate surface area is 216 Å². The predicted molar refractivity (Wildman–Crippen MR) is 141 cm³/mol. The first-order chi connectivity index (χ1) is 18.2. The van der Waals surface area contributed by atoms with E-state index in [1.165, 1.54) is 47.3 Å². The van der Waals surface area contributed by atoms with Crippen LogP contribution in [0.5, 0.6) is 0 Å². The molecule has 0 amide bonds. The van der Waals surface area contributed by atoms with Gasteiger partial charge in [-0.1, -0.05) is 50.2 Å². The van der Waals surface area contributed by atoms with Crippen LogP contribution in [-0.4, -0.2) is 23.6 Å². The molecule has 0 aliphatic rings. The maximum absolute atomic E-state index is 13.7. The Bertz CT molecular complexity index is 1750. The van der Waals surface area contributed by atoms with E-state index < -0.39 is 22.0 Å². The van der Waals surface area contributed by atoms with Crippen molar-refractivity contribution in [1.82, 2.24) is 18.7 Å². The fraction of sp³-hybridized carbons (Fsp3) is 0.179. The van der Waals surface area contributed by atoms with Gasteiger partial charge in [0.2, 0.25) is 0 Å². The van der Waals surface area contributed by atoms with Crippen molar-refractivity contribution in [2.45, 2.75) is 32.9 Å². The number of halogens is 1. The number of imidazole rings is 1. The van der Waals surface area contributed by atoms with Gasteiger partial charge in [-0.15, -0.1) is 0 Å². The van der Waals surface area contributed by atoms with Crippen LogP contribution in [0.2, 0.25) is 0 Å². The number of fused-ring (bicyclic) bond motifs is 1. The molecule has 0 saturated carbocycles. The largest absolute Gasteiger partial charge is 0.337 e. The van der Waals surface area contributed by atoms with Gasteiger partial charge in [0.15, 0.2) is 11.2 Å². The average molecular weight is 514 g/mol. The first kappa shape index (κ1) is 24.8. The molecule has 0 bridgehead atoms. The lowest BCUT2D eigenvalue weighted by Gasteiger charge is -2.14. The van der Waals surface area contributed by atoms with Gasteiger partial charge < -0.3 is 4.57 Å². The van der Waals surface area contributed by atoms with Gasteiger partial charge >= 0.3 is 5.69 Å². The second-order valence-corrected chi connectivity index (χ2v) is 9.35. The van der Waals surface area contributed by atoms with E-state index in [-0.39, 0.29) is 29.9 Å². The van der Waals surface area contributed by atoms with Gasteiger partial charge in [-0.3, -0.25) is 19.5 Å². The molecule has 5 aromatic rings. The van der Waals surface area contributed by atoms with Crippen molar-refractivity contribution >= 4 is 16.9 Å². The standard InChI is InChI=1S/C28H24FN5O4/c1-18(2)21-7-13-23(14-8-21)33-26-25(27(35)32(28(33)36)16-20-3-9-22(29)10-4-20)31(17-30-26)15-19-5-11-24(12-6-19)34(37)38/h3-14,17-18H,15-16H2,1-2H3. The number of benzene rings is 3. The number of hydrogen-bond donors (Lipinski definition) is 0. The summed E-state index contributed by atoms with van der Waals surface area (Å²) in [6.45, 7) is 4.30. The van der Waals surface area contributed by atoms with Crippen molar-refractivity contribution in [1.29, 1.82) is 0 Å². The normalized spacial score (nSPS) is 11.4. The summed E-state index contributed by atoms with van der Waals surface area (Å²) in [7, 11) is 0. The molecule has 2 heterocycles. The van der Waals surface area contributed by atoms with Crippen molar-refractivity contribution < 1.29 is 9.31 Å². The molecule has 0 N–H and O–H groups in total. The van der Waals surface area contributed by atoms with E-state index in [1.807, 2.05) is 24.3 Å². The van der Waals surface area contributed by atoms with E-state index in [9.17, 15) is 24.1 Å². The molecule has 0 spiro atoms. The maximum atomic E-state index is 13.7. The molecule has 0 unspecified atom stereocenters. The Hall–Kier alpha value is -4.86. The lowest BCUT2D eigenvalue weighted by atomic mass is 10.0. The molecule has 3 aromatic carbocycles. The maximum Gasteiger partial charge on any atom is 0.337 e. The smallest absolute Gasteiger partial charge is 0.320 e. The van der Waals surface area contributed by atoms with E-state index in [2.05, 4.69) is 18.8 Å². The zero-order chi connectivity index (χ0) is 27.0. The molecule has 0 saturated heterocycles. The summed E-state index contributed by atoms with van der Waals surface area (Å²) in [6.07, 6.45) is 1.48. The Kier molecular flexibility index (Phi) is 6.46. The van der Waals surface area contributed by atoms with Gasteiger partial charge in [0, 0.05) is 18.7 Å². The highest BCUT2D eigenvalue weighted by Crippen LogP contribution is 2.20. The van der Waals surface area contributed by atoms with Crippen LogP contribution >= 0.6 is 0 Å². The highest BCUT2D eigenvalue weighted by atomic mass is 19.1. The van der Waals surface area contributed by atoms with Crippen molar-refractivity contribution in [3.63, 3.8) is 0 Å². The predicted octanol–water partition coefficient (Wildman–Crippen LogP) is 4.62. The van der Waals surface area contributed by atoms with Gasteiger partial charge in [0.05, 0.1) is 23.5 Å². The summed E-state index contributed by atoms with van der Waals surface area (Å²) >= 11 is 0. The van der Waals surface area contributed by atoms with Crippen LogP contribution in [-0.2, 0) is 13.1 Å². The summed E-state index contributed by atoms with van der Waals surface area (Å²) in [5.41, 5.74) is 2.23. The summed E-state index contributed by atoms with van der Waals surface area (Å²) in [5.74, 6) is -0.116. The van der Waals surface area contributed by atoms with E-state index in [0.717, 1.165) is 15.7 Å². The van der Waals surface area contributed by atoms with E-state index in [4.69, 9.17) is 0 Å². The molecule has 10 heteroatoms. The van der Waals surface area contributed by atoms with Gasteiger partial charge in [0.25, 0.3) is 11.2 Å². The SMILES string of the molecule is CC(C)c1ccc(-n2c(=O)n(Cc3ccc(F)cc3)c(=O)c3c2ncn3Cc2ccc([N+](=O)[O-])cc2)cc1. The number of nitro groups is 1. The topological polar surface area (TPSA) is 105 Å². The highest BCUT2D eigenvalue weighted by Gasteiger charge is 2.20. The number of hydrogen-bond acceptors (Lipinski definition) is 5. The van der Waals surface area contributed by atoms with Crippen LogP contribution in [0, 0.1) is 15.9 Å². The molecule has 192 valence electrons. The third kappa shape index (κ3) is 4.63. The number of nitro benzene ring substituents is 1. The average Bonchev–Trinajstić information content (AvgIpc) is 3.31. The number of nitrogens with zero attached hydrogens (tertiary/aromatic N) is 5. The molecule has 5 rings (SSSR count). The van der Waals surface area contributed by atoms with Crippen molar-refractivity contribution in [3.8, 4) is 5.69 Å². The fourth-order valence-corrected chi connectivity index (χ4v) is 4.37. The molecule has 0 aliphatic carbocycles. The molecule has 0 fully saturated rings. The van der Waals surface area contributed by atoms with Crippen LogP contribution in [0.3, 0.4) is 0 Å². The zero-order valence-electron chi connectivity index (χ0n) is 20.7. The summed E-state index contributed by atoms with van der Waals surface area (Å²) < 4.78 is 17.6. The molecule has 38 heavy (non-hydrogen) atoms. The third-order valence-corrected chi connectivity index (χ3v) is 6.47. The van der Waals surface area contributed by atoms with Crippen LogP contribution in [0.1, 0.15) is 36.5 Å². The monoisotopic (exact) mass is 513 g/mol. The molecule has 0 atom stereocenters. The Morgan fingerprint density at radius 3 is 2.11 bits per heavy atom. The zero-order valence-corrected chi connectivity index (χ0v) is 20.7. The highest BCUT2D eigenvalue weighted by molar-refractivity contribution is 5.72. The molecular weight excluding hydrogens is 489 g/mol. The minimum atomic E-state index is -0.565. The van der Waals surface area contributed by atoms with E-state index in [0.29, 0.717) is 17.2 Å². The summed E-state index contributed by atoms with van der Waals surface area (Å²) in [4.78, 5) is 42.4. The van der Waals surface area contributed by atoms with Crippen LogP contribution in [0.25, 0.3) is 16.9 Å². The van der Waals surface area contributed by atoms with Crippen LogP contribution < -0.4 is 11.2 Å². The third-order valence-electron chi connectivity index (χ3n) is 6.47. The van der Waals surface area contributed by atoms with Crippen LogP contribution in [0.15, 0.2) is 88.7 Å². The van der Waals surface area contributed by atoms with Crippen molar-refractivity contribution in [3.05, 3.63) is 133 Å². The Morgan fingerprint density at radius 2 is 1.50 bits per heavy atom. The minimum Gasteiger partial charge on any atom is -0.320 e. The second-order valence-electron chi connectivity index (χ2n) is 9.35.